The third kappa shape index (κ3) is 2.86. The third-order valence-electron chi connectivity index (χ3n) is 7.01. The second-order valence-corrected chi connectivity index (χ2v) is 9.89. The second kappa shape index (κ2) is 6.55. The molecule has 0 bridgehead atoms. The Balaban J connectivity index is 1.89. The van der Waals surface area contributed by atoms with Crippen molar-refractivity contribution in [2.45, 2.75) is 71.1 Å². The number of rotatable bonds is 2. The van der Waals surface area contributed by atoms with Gasteiger partial charge in [-0.15, -0.1) is 0 Å². The molecule has 1 aliphatic carbocycles. The van der Waals surface area contributed by atoms with E-state index >= 15 is 0 Å². The highest BCUT2D eigenvalue weighted by Crippen LogP contribution is 2.43. The topological polar surface area (TPSA) is 17.1 Å². The van der Waals surface area contributed by atoms with Crippen molar-refractivity contribution in [2.75, 3.05) is 0 Å². The Morgan fingerprint density at radius 2 is 1.59 bits per heavy atom. The van der Waals surface area contributed by atoms with Gasteiger partial charge in [-0.05, 0) is 73.7 Å². The summed E-state index contributed by atoms with van der Waals surface area (Å²) in [5.74, 6) is 0.507. The van der Waals surface area contributed by atoms with Crippen LogP contribution < -0.4 is 0 Å². The normalized spacial score (nSPS) is 18.3. The number of carbonyl (C=O) groups excluding carboxylic acids is 1. The van der Waals surface area contributed by atoms with E-state index in [1.165, 1.54) is 49.0 Å². The summed E-state index contributed by atoms with van der Waals surface area (Å²) in [6.07, 6.45) is 4.95. The second-order valence-electron chi connectivity index (χ2n) is 9.89. The van der Waals surface area contributed by atoms with Gasteiger partial charge in [-0.1, -0.05) is 76.6 Å². The predicted octanol–water partition coefficient (Wildman–Crippen LogP) is 7.67. The van der Waals surface area contributed by atoms with E-state index in [9.17, 15) is 4.79 Å². The molecule has 29 heavy (non-hydrogen) atoms. The smallest absolute Gasteiger partial charge is 0.140 e. The molecule has 148 valence electrons. The molecule has 0 spiro atoms. The summed E-state index contributed by atoms with van der Waals surface area (Å²) in [6.45, 7) is 9.07. The molecule has 0 N–H and O–H groups in total. The lowest BCUT2D eigenvalue weighted by Gasteiger charge is -2.26. The quantitative estimate of drug-likeness (QED) is 0.325. The van der Waals surface area contributed by atoms with Crippen molar-refractivity contribution in [3.8, 4) is 0 Å². The standard InChI is InChI=1S/C28H30O/c1-5-17-16-24(22-8-6-7-9-25(22)29)23-13-11-19-15-20(28(2,3)4)14-18-10-12-21(17)27(23)26(18)19/h10-16,22H,5-9H2,1-4H3. The number of Topliss-reactive ketones (excluding diaryl/α,β-unsaturated/α-hetero) is 1. The van der Waals surface area contributed by atoms with Crippen LogP contribution in [0.4, 0.5) is 0 Å². The Morgan fingerprint density at radius 3 is 2.21 bits per heavy atom. The molecule has 1 saturated carbocycles. The Labute approximate surface area is 173 Å². The van der Waals surface area contributed by atoms with Gasteiger partial charge in [0.2, 0.25) is 0 Å². The zero-order valence-electron chi connectivity index (χ0n) is 18.1. The number of carbonyl (C=O) groups is 1. The van der Waals surface area contributed by atoms with Crippen molar-refractivity contribution in [3.05, 3.63) is 59.2 Å². The fourth-order valence-electron chi connectivity index (χ4n) is 5.34. The fourth-order valence-corrected chi connectivity index (χ4v) is 5.34. The molecule has 1 unspecified atom stereocenters. The summed E-state index contributed by atoms with van der Waals surface area (Å²) < 4.78 is 0. The molecule has 0 amide bonds. The zero-order chi connectivity index (χ0) is 20.3. The van der Waals surface area contributed by atoms with Crippen molar-refractivity contribution in [1.29, 1.82) is 0 Å². The van der Waals surface area contributed by atoms with Crippen LogP contribution in [0.2, 0.25) is 0 Å². The largest absolute Gasteiger partial charge is 0.299 e. The van der Waals surface area contributed by atoms with Gasteiger partial charge in [-0.3, -0.25) is 4.79 Å². The molecule has 1 heteroatoms. The number of ketones is 1. The summed E-state index contributed by atoms with van der Waals surface area (Å²) in [5, 5.41) is 8.02. The maximum Gasteiger partial charge on any atom is 0.140 e. The minimum Gasteiger partial charge on any atom is -0.299 e. The average molecular weight is 383 g/mol. The van der Waals surface area contributed by atoms with E-state index in [1.54, 1.807) is 0 Å². The highest BCUT2D eigenvalue weighted by Gasteiger charge is 2.27. The lowest BCUT2D eigenvalue weighted by atomic mass is 9.77. The van der Waals surface area contributed by atoms with Gasteiger partial charge in [0.1, 0.15) is 5.78 Å². The minimum absolute atomic E-state index is 0.0729. The van der Waals surface area contributed by atoms with Crippen LogP contribution in [0.3, 0.4) is 0 Å². The van der Waals surface area contributed by atoms with Crippen LogP contribution in [-0.2, 0) is 16.6 Å². The highest BCUT2D eigenvalue weighted by atomic mass is 16.1. The summed E-state index contributed by atoms with van der Waals surface area (Å²) in [6, 6.07) is 16.2. The van der Waals surface area contributed by atoms with Crippen molar-refractivity contribution >= 4 is 38.1 Å². The first-order chi connectivity index (χ1) is 13.9. The molecule has 1 aliphatic rings. The van der Waals surface area contributed by atoms with Gasteiger partial charge >= 0.3 is 0 Å². The lowest BCUT2D eigenvalue weighted by molar-refractivity contribution is -0.121. The molecule has 0 aromatic heterocycles. The van der Waals surface area contributed by atoms with Crippen LogP contribution in [0.15, 0.2) is 42.5 Å². The minimum atomic E-state index is 0.0729. The summed E-state index contributed by atoms with van der Waals surface area (Å²) >= 11 is 0. The van der Waals surface area contributed by atoms with E-state index in [4.69, 9.17) is 0 Å². The maximum absolute atomic E-state index is 12.8. The lowest BCUT2D eigenvalue weighted by Crippen LogP contribution is -2.17. The van der Waals surface area contributed by atoms with Gasteiger partial charge < -0.3 is 0 Å². The van der Waals surface area contributed by atoms with Gasteiger partial charge in [0, 0.05) is 12.3 Å². The first-order valence-electron chi connectivity index (χ1n) is 11.2. The van der Waals surface area contributed by atoms with Crippen molar-refractivity contribution < 1.29 is 4.79 Å². The summed E-state index contributed by atoms with van der Waals surface area (Å²) in [7, 11) is 0. The monoisotopic (exact) mass is 382 g/mol. The van der Waals surface area contributed by atoms with Crippen molar-refractivity contribution in [1.82, 2.24) is 0 Å². The van der Waals surface area contributed by atoms with Crippen molar-refractivity contribution in [3.63, 3.8) is 0 Å². The number of hydrogen-bond donors (Lipinski definition) is 0. The van der Waals surface area contributed by atoms with Gasteiger partial charge in [-0.2, -0.15) is 0 Å². The molecule has 5 rings (SSSR count). The molecule has 4 aromatic rings. The highest BCUT2D eigenvalue weighted by molar-refractivity contribution is 6.24. The average Bonchev–Trinajstić information content (AvgIpc) is 2.71. The van der Waals surface area contributed by atoms with Gasteiger partial charge in [0.15, 0.2) is 0 Å². The van der Waals surface area contributed by atoms with Gasteiger partial charge in [0.25, 0.3) is 0 Å². The molecule has 4 aromatic carbocycles. The van der Waals surface area contributed by atoms with Crippen LogP contribution in [-0.4, -0.2) is 5.78 Å². The molecule has 0 heterocycles. The van der Waals surface area contributed by atoms with Gasteiger partial charge in [-0.25, -0.2) is 0 Å². The molecule has 1 fully saturated rings. The first kappa shape index (κ1) is 18.6. The Kier molecular flexibility index (Phi) is 4.21. The SMILES string of the molecule is CCc1cc(C2CCCCC2=O)c2ccc3cc(C(C)(C)C)cc4ccc1c2c43. The van der Waals surface area contributed by atoms with E-state index in [1.807, 2.05) is 0 Å². The van der Waals surface area contributed by atoms with Crippen molar-refractivity contribution in [2.24, 2.45) is 0 Å². The van der Waals surface area contributed by atoms with Crippen LogP contribution in [0.25, 0.3) is 32.3 Å². The molecular formula is C28H30O. The number of hydrogen-bond acceptors (Lipinski definition) is 1. The fraction of sp³-hybridized carbons (Fsp3) is 0.393. The molecule has 0 radical (unpaired) electrons. The van der Waals surface area contributed by atoms with E-state index in [2.05, 4.69) is 70.2 Å². The molecule has 0 saturated heterocycles. The zero-order valence-corrected chi connectivity index (χ0v) is 18.1. The van der Waals surface area contributed by atoms with E-state index in [-0.39, 0.29) is 11.3 Å². The predicted molar refractivity (Wildman–Crippen MR) is 124 cm³/mol. The Bertz CT molecular complexity index is 1220. The Morgan fingerprint density at radius 1 is 0.897 bits per heavy atom. The maximum atomic E-state index is 12.8. The number of benzene rings is 4. The molecule has 0 aliphatic heterocycles. The number of aryl methyl sites for hydroxylation is 1. The molecular weight excluding hydrogens is 352 g/mol. The van der Waals surface area contributed by atoms with Gasteiger partial charge in [0.05, 0.1) is 0 Å². The third-order valence-corrected chi connectivity index (χ3v) is 7.01. The first-order valence-corrected chi connectivity index (χ1v) is 11.2. The van der Waals surface area contributed by atoms with E-state index < -0.39 is 0 Å². The van der Waals surface area contributed by atoms with Crippen LogP contribution in [0.5, 0.6) is 0 Å². The summed E-state index contributed by atoms with van der Waals surface area (Å²) in [5.41, 5.74) is 4.15. The van der Waals surface area contributed by atoms with Crippen LogP contribution in [0.1, 0.15) is 76.0 Å². The van der Waals surface area contributed by atoms with E-state index in [0.717, 1.165) is 32.1 Å². The molecule has 1 nitrogen and oxygen atoms in total. The molecule has 1 atom stereocenters. The van der Waals surface area contributed by atoms with E-state index in [0.29, 0.717) is 5.78 Å². The van der Waals surface area contributed by atoms with Crippen LogP contribution in [0, 0.1) is 0 Å². The van der Waals surface area contributed by atoms with Crippen LogP contribution >= 0.6 is 0 Å². The summed E-state index contributed by atoms with van der Waals surface area (Å²) in [4.78, 5) is 12.8. The Hall–Kier alpha value is -2.41.